The predicted octanol–water partition coefficient (Wildman–Crippen LogP) is 5.82. The summed E-state index contributed by atoms with van der Waals surface area (Å²) in [5, 5.41) is 0. The molecule has 0 aromatic carbocycles. The van der Waals surface area contributed by atoms with Gasteiger partial charge in [-0.25, -0.2) is 4.79 Å². The lowest BCUT2D eigenvalue weighted by molar-refractivity contribution is 0.104. The average Bonchev–Trinajstić information content (AvgIpc) is 2.24. The fraction of sp³-hybridized carbons (Fsp3) is 0.722. The summed E-state index contributed by atoms with van der Waals surface area (Å²) in [6, 6.07) is 0.240. The van der Waals surface area contributed by atoms with Crippen molar-refractivity contribution in [2.45, 2.75) is 85.7 Å². The van der Waals surface area contributed by atoms with Crippen molar-refractivity contribution >= 4 is 14.2 Å². The largest absolute Gasteiger partial charge is 0.415 e. The van der Waals surface area contributed by atoms with E-state index in [1.165, 1.54) is 0 Å². The van der Waals surface area contributed by atoms with Crippen LogP contribution in [0.3, 0.4) is 0 Å². The maximum atomic E-state index is 12.5. The molecule has 0 aromatic heterocycles. The van der Waals surface area contributed by atoms with Gasteiger partial charge in [-0.05, 0) is 59.2 Å². The Morgan fingerprint density at radius 3 is 1.77 bits per heavy atom. The first-order valence-corrected chi connectivity index (χ1v) is 11.8. The van der Waals surface area contributed by atoms with Crippen molar-refractivity contribution in [3.8, 4) is 0 Å². The zero-order valence-electron chi connectivity index (χ0n) is 16.2. The Morgan fingerprint density at radius 2 is 1.45 bits per heavy atom. The quantitative estimate of drug-likeness (QED) is 0.350. The Hall–Kier alpha value is -1.03. The molecule has 0 unspecified atom stereocenters. The molecule has 0 heterocycles. The highest BCUT2D eigenvalue weighted by Gasteiger charge is 2.24. The number of amides is 1. The van der Waals surface area contributed by atoms with E-state index in [2.05, 4.69) is 32.6 Å². The van der Waals surface area contributed by atoms with Gasteiger partial charge in [-0.1, -0.05) is 32.1 Å². The summed E-state index contributed by atoms with van der Waals surface area (Å²) in [6.07, 6.45) is 3.79. The molecular weight excluding hydrogens is 290 g/mol. The molecule has 0 saturated carbocycles. The van der Waals surface area contributed by atoms with E-state index >= 15 is 0 Å². The lowest BCUT2D eigenvalue weighted by Gasteiger charge is -2.30. The summed E-state index contributed by atoms with van der Waals surface area (Å²) < 4.78 is 5.71. The minimum atomic E-state index is -1.31. The lowest BCUT2D eigenvalue weighted by atomic mass is 10.2. The van der Waals surface area contributed by atoms with Crippen molar-refractivity contribution in [3.05, 3.63) is 23.5 Å². The van der Waals surface area contributed by atoms with Gasteiger partial charge in [0.1, 0.15) is 5.76 Å². The topological polar surface area (TPSA) is 29.5 Å². The van der Waals surface area contributed by atoms with Crippen molar-refractivity contribution < 1.29 is 9.53 Å². The van der Waals surface area contributed by atoms with Crippen molar-refractivity contribution in [2.24, 2.45) is 0 Å². The molecule has 0 saturated heterocycles. The molecule has 0 fully saturated rings. The molecule has 0 aliphatic rings. The van der Waals surface area contributed by atoms with Crippen LogP contribution in [0, 0.1) is 0 Å². The minimum absolute atomic E-state index is 0.120. The minimum Gasteiger partial charge on any atom is -0.411 e. The van der Waals surface area contributed by atoms with Gasteiger partial charge in [0.2, 0.25) is 0 Å². The van der Waals surface area contributed by atoms with Crippen LogP contribution >= 0.6 is 0 Å². The van der Waals surface area contributed by atoms with Crippen molar-refractivity contribution in [3.63, 3.8) is 0 Å². The molecule has 0 spiro atoms. The molecule has 0 radical (unpaired) electrons. The number of carbonyl (C=O) groups is 1. The van der Waals surface area contributed by atoms with E-state index in [9.17, 15) is 4.79 Å². The number of hydrogen-bond acceptors (Lipinski definition) is 2. The van der Waals surface area contributed by atoms with Gasteiger partial charge < -0.3 is 9.64 Å². The summed E-state index contributed by atoms with van der Waals surface area (Å²) >= 11 is 0. The second-order valence-corrected chi connectivity index (χ2v) is 13.6. The van der Waals surface area contributed by atoms with E-state index in [0.717, 1.165) is 5.57 Å². The van der Waals surface area contributed by atoms with Crippen LogP contribution in [-0.2, 0) is 4.74 Å². The maximum absolute atomic E-state index is 12.5. The highest BCUT2D eigenvalue weighted by atomic mass is 28.3. The SMILES string of the molecule is CC(C)=C/C(=C/[C@H](C)[Si](C)(C)C)OC(=O)N(C(C)C)C(C)C. The Labute approximate surface area is 138 Å². The number of rotatable bonds is 6. The lowest BCUT2D eigenvalue weighted by Crippen LogP contribution is -2.42. The van der Waals surface area contributed by atoms with Gasteiger partial charge in [0.25, 0.3) is 0 Å². The summed E-state index contributed by atoms with van der Waals surface area (Å²) in [5.41, 5.74) is 1.57. The summed E-state index contributed by atoms with van der Waals surface area (Å²) in [5.74, 6) is 0.672. The van der Waals surface area contributed by atoms with Gasteiger partial charge in [-0.3, -0.25) is 0 Å². The first-order chi connectivity index (χ1) is 9.86. The molecule has 1 amide bonds. The first kappa shape index (κ1) is 21.0. The Morgan fingerprint density at radius 1 is 1.00 bits per heavy atom. The molecule has 0 aliphatic heterocycles. The third kappa shape index (κ3) is 7.30. The highest BCUT2D eigenvalue weighted by molar-refractivity contribution is 6.77. The number of carbonyl (C=O) groups excluding carboxylic acids is 1. The molecular formula is C18H35NO2Si. The van der Waals surface area contributed by atoms with Crippen molar-refractivity contribution in [2.75, 3.05) is 0 Å². The highest BCUT2D eigenvalue weighted by Crippen LogP contribution is 2.25. The van der Waals surface area contributed by atoms with Gasteiger partial charge in [0.05, 0.1) is 8.07 Å². The third-order valence-corrected chi connectivity index (χ3v) is 6.64. The normalized spacial score (nSPS) is 14.1. The zero-order chi connectivity index (χ0) is 17.7. The Balaban J connectivity index is 5.37. The van der Waals surface area contributed by atoms with Crippen molar-refractivity contribution in [1.82, 2.24) is 4.90 Å². The van der Waals surface area contributed by atoms with E-state index in [0.29, 0.717) is 11.3 Å². The molecule has 0 aromatic rings. The maximum Gasteiger partial charge on any atom is 0.415 e. The summed E-state index contributed by atoms with van der Waals surface area (Å²) in [7, 11) is -1.31. The van der Waals surface area contributed by atoms with Crippen LogP contribution in [-0.4, -0.2) is 31.2 Å². The van der Waals surface area contributed by atoms with Gasteiger partial charge in [0.15, 0.2) is 0 Å². The molecule has 3 nitrogen and oxygen atoms in total. The number of ether oxygens (including phenoxy) is 1. The van der Waals surface area contributed by atoms with E-state index in [1.807, 2.05) is 47.6 Å². The molecule has 128 valence electrons. The zero-order valence-corrected chi connectivity index (χ0v) is 17.2. The standard InChI is InChI=1S/C18H35NO2Si/c1-13(2)11-17(12-16(7)22(8,9)10)21-18(20)19(14(3)4)15(5)6/h11-12,14-16H,1-10H3/b17-12-/t16-/m0/s1. The van der Waals surface area contributed by atoms with Crippen LogP contribution in [0.15, 0.2) is 23.5 Å². The Kier molecular flexibility index (Phi) is 8.16. The van der Waals surface area contributed by atoms with E-state index in [1.54, 1.807) is 4.90 Å². The van der Waals surface area contributed by atoms with E-state index < -0.39 is 8.07 Å². The molecule has 0 aliphatic carbocycles. The Bertz CT molecular complexity index is 419. The van der Waals surface area contributed by atoms with Crippen LogP contribution in [0.5, 0.6) is 0 Å². The van der Waals surface area contributed by atoms with Gasteiger partial charge >= 0.3 is 6.09 Å². The third-order valence-electron chi connectivity index (χ3n) is 3.74. The number of hydrogen-bond donors (Lipinski definition) is 0. The monoisotopic (exact) mass is 325 g/mol. The molecule has 0 bridgehead atoms. The van der Waals surface area contributed by atoms with Crippen LogP contribution in [0.25, 0.3) is 0 Å². The smallest absolute Gasteiger partial charge is 0.411 e. The predicted molar refractivity (Wildman–Crippen MR) is 98.9 cm³/mol. The molecule has 1 atom stereocenters. The van der Waals surface area contributed by atoms with Crippen LogP contribution in [0.2, 0.25) is 25.2 Å². The second kappa shape index (κ2) is 8.56. The van der Waals surface area contributed by atoms with Gasteiger partial charge in [0, 0.05) is 12.1 Å². The van der Waals surface area contributed by atoms with Crippen molar-refractivity contribution in [1.29, 1.82) is 0 Å². The fourth-order valence-corrected chi connectivity index (χ4v) is 2.73. The van der Waals surface area contributed by atoms with Gasteiger partial charge in [-0.2, -0.15) is 0 Å². The molecule has 4 heteroatoms. The first-order valence-electron chi connectivity index (χ1n) is 8.23. The second-order valence-electron chi connectivity index (χ2n) is 7.91. The molecule has 0 N–H and O–H groups in total. The van der Waals surface area contributed by atoms with E-state index in [4.69, 9.17) is 4.74 Å². The van der Waals surface area contributed by atoms with Crippen LogP contribution in [0.1, 0.15) is 48.5 Å². The average molecular weight is 326 g/mol. The fourth-order valence-electron chi connectivity index (χ4n) is 2.06. The summed E-state index contributed by atoms with van der Waals surface area (Å²) in [4.78, 5) is 14.3. The molecule has 0 rings (SSSR count). The van der Waals surface area contributed by atoms with Crippen LogP contribution < -0.4 is 0 Å². The number of allylic oxidation sites excluding steroid dienone is 3. The molecule has 22 heavy (non-hydrogen) atoms. The van der Waals surface area contributed by atoms with Crippen LogP contribution in [0.4, 0.5) is 4.79 Å². The van der Waals surface area contributed by atoms with E-state index in [-0.39, 0.29) is 18.2 Å². The summed E-state index contributed by atoms with van der Waals surface area (Å²) in [6.45, 7) is 21.3. The number of nitrogens with zero attached hydrogens (tertiary/aromatic N) is 1. The van der Waals surface area contributed by atoms with Gasteiger partial charge in [-0.15, -0.1) is 0 Å².